The second-order valence-electron chi connectivity index (χ2n) is 6.76. The summed E-state index contributed by atoms with van der Waals surface area (Å²) in [5, 5.41) is 10.3. The van der Waals surface area contributed by atoms with E-state index in [4.69, 9.17) is 0 Å². The first-order valence-corrected chi connectivity index (χ1v) is 11.3. The van der Waals surface area contributed by atoms with Crippen molar-refractivity contribution in [3.8, 4) is 11.4 Å². The molecule has 2 aromatic rings. The van der Waals surface area contributed by atoms with E-state index in [9.17, 15) is 13.2 Å². The summed E-state index contributed by atoms with van der Waals surface area (Å²) in [5.41, 5.74) is 1.51. The standard InChI is InChI=1S/C17H22N4O3S2/c1-3-12-4-6-13(7-5-12)15-18-16(21-20-15)25-10-14(22)19-17(2)8-9-26(23,24)11-17/h4-7H,3,8-11H2,1-2H3,(H,19,22)(H,18,20,21)/t17-/m1/s1. The van der Waals surface area contributed by atoms with E-state index in [1.54, 1.807) is 6.92 Å². The maximum absolute atomic E-state index is 12.1. The van der Waals surface area contributed by atoms with Crippen molar-refractivity contribution in [2.24, 2.45) is 0 Å². The number of nitrogens with one attached hydrogen (secondary N) is 2. The summed E-state index contributed by atoms with van der Waals surface area (Å²) in [5.74, 6) is 0.701. The normalized spacial score (nSPS) is 21.6. The van der Waals surface area contributed by atoms with Crippen LogP contribution in [0.3, 0.4) is 0 Å². The number of sulfone groups is 1. The van der Waals surface area contributed by atoms with Crippen LogP contribution in [0.1, 0.15) is 25.8 Å². The Morgan fingerprint density at radius 3 is 2.69 bits per heavy atom. The highest BCUT2D eigenvalue weighted by atomic mass is 32.2. The number of carbonyl (C=O) groups is 1. The van der Waals surface area contributed by atoms with Crippen LogP contribution in [0.4, 0.5) is 0 Å². The highest BCUT2D eigenvalue weighted by Crippen LogP contribution is 2.24. The number of aryl methyl sites for hydroxylation is 1. The first kappa shape index (κ1) is 18.9. The minimum absolute atomic E-state index is 0.00500. The van der Waals surface area contributed by atoms with E-state index in [2.05, 4.69) is 39.6 Å². The summed E-state index contributed by atoms with van der Waals surface area (Å²) in [7, 11) is -3.05. The number of benzene rings is 1. The summed E-state index contributed by atoms with van der Waals surface area (Å²) >= 11 is 1.22. The average molecular weight is 395 g/mol. The van der Waals surface area contributed by atoms with E-state index >= 15 is 0 Å². The van der Waals surface area contributed by atoms with Crippen LogP contribution >= 0.6 is 11.8 Å². The second-order valence-corrected chi connectivity index (χ2v) is 9.88. The van der Waals surface area contributed by atoms with E-state index < -0.39 is 15.4 Å². The summed E-state index contributed by atoms with van der Waals surface area (Å²) < 4.78 is 23.2. The Morgan fingerprint density at radius 2 is 2.08 bits per heavy atom. The minimum atomic E-state index is -3.05. The maximum Gasteiger partial charge on any atom is 0.230 e. The second kappa shape index (κ2) is 7.40. The molecule has 140 valence electrons. The Labute approximate surface area is 157 Å². The fourth-order valence-corrected chi connectivity index (χ4v) is 5.64. The third-order valence-electron chi connectivity index (χ3n) is 4.38. The van der Waals surface area contributed by atoms with Crippen molar-refractivity contribution in [3.63, 3.8) is 0 Å². The van der Waals surface area contributed by atoms with Crippen LogP contribution < -0.4 is 5.32 Å². The molecule has 1 aliphatic heterocycles. The van der Waals surface area contributed by atoms with Gasteiger partial charge in [0, 0.05) is 5.56 Å². The molecule has 1 saturated heterocycles. The molecule has 0 saturated carbocycles. The summed E-state index contributed by atoms with van der Waals surface area (Å²) in [4.78, 5) is 16.5. The van der Waals surface area contributed by atoms with Gasteiger partial charge in [0.25, 0.3) is 0 Å². The van der Waals surface area contributed by atoms with E-state index in [0.717, 1.165) is 12.0 Å². The lowest BCUT2D eigenvalue weighted by molar-refractivity contribution is -0.120. The van der Waals surface area contributed by atoms with E-state index in [-0.39, 0.29) is 23.2 Å². The molecule has 1 aromatic carbocycles. The molecule has 2 N–H and O–H groups in total. The largest absolute Gasteiger partial charge is 0.349 e. The van der Waals surface area contributed by atoms with Gasteiger partial charge in [-0.3, -0.25) is 9.89 Å². The third-order valence-corrected chi connectivity index (χ3v) is 7.13. The van der Waals surface area contributed by atoms with Crippen LogP contribution in [-0.2, 0) is 21.1 Å². The predicted octanol–water partition coefficient (Wildman–Crippen LogP) is 1.82. The first-order valence-electron chi connectivity index (χ1n) is 8.44. The Morgan fingerprint density at radius 1 is 1.35 bits per heavy atom. The molecule has 3 rings (SSSR count). The SMILES string of the molecule is CCc1ccc(-c2nc(SCC(=O)N[C@]3(C)CCS(=O)(=O)C3)n[nH]2)cc1. The highest BCUT2D eigenvalue weighted by molar-refractivity contribution is 7.99. The van der Waals surface area contributed by atoms with Crippen molar-refractivity contribution >= 4 is 27.5 Å². The fraction of sp³-hybridized carbons (Fsp3) is 0.471. The minimum Gasteiger partial charge on any atom is -0.349 e. The number of carbonyl (C=O) groups excluding carboxylic acids is 1. The number of H-pyrrole nitrogens is 1. The van der Waals surface area contributed by atoms with Crippen LogP contribution in [0.15, 0.2) is 29.4 Å². The highest BCUT2D eigenvalue weighted by Gasteiger charge is 2.39. The van der Waals surface area contributed by atoms with Crippen molar-refractivity contribution in [1.82, 2.24) is 20.5 Å². The molecule has 7 nitrogen and oxygen atoms in total. The van der Waals surface area contributed by atoms with Gasteiger partial charge in [-0.25, -0.2) is 13.4 Å². The van der Waals surface area contributed by atoms with Crippen molar-refractivity contribution < 1.29 is 13.2 Å². The lowest BCUT2D eigenvalue weighted by atomic mass is 10.0. The average Bonchev–Trinajstić information content (AvgIpc) is 3.17. The first-order chi connectivity index (χ1) is 12.3. The molecule has 2 heterocycles. The fourth-order valence-electron chi connectivity index (χ4n) is 2.95. The van der Waals surface area contributed by atoms with Gasteiger partial charge in [-0.2, -0.15) is 0 Å². The molecule has 0 aliphatic carbocycles. The van der Waals surface area contributed by atoms with Crippen LogP contribution in [0.2, 0.25) is 0 Å². The molecule has 1 aliphatic rings. The molecule has 26 heavy (non-hydrogen) atoms. The van der Waals surface area contributed by atoms with Gasteiger partial charge in [0.1, 0.15) is 0 Å². The summed E-state index contributed by atoms with van der Waals surface area (Å²) in [6, 6.07) is 8.08. The molecule has 1 amide bonds. The van der Waals surface area contributed by atoms with Crippen LogP contribution in [-0.4, -0.2) is 52.3 Å². The molecule has 1 aromatic heterocycles. The van der Waals surface area contributed by atoms with Crippen molar-refractivity contribution in [3.05, 3.63) is 29.8 Å². The van der Waals surface area contributed by atoms with Gasteiger partial charge in [0.15, 0.2) is 15.7 Å². The van der Waals surface area contributed by atoms with Crippen molar-refractivity contribution in [2.75, 3.05) is 17.3 Å². The van der Waals surface area contributed by atoms with Gasteiger partial charge in [0.05, 0.1) is 22.8 Å². The Bertz CT molecular complexity index is 893. The van der Waals surface area contributed by atoms with Gasteiger partial charge in [-0.05, 0) is 25.3 Å². The van der Waals surface area contributed by atoms with Crippen LogP contribution in [0, 0.1) is 0 Å². The number of hydrogen-bond acceptors (Lipinski definition) is 6. The van der Waals surface area contributed by atoms with Crippen molar-refractivity contribution in [2.45, 2.75) is 37.4 Å². The number of hydrogen-bond donors (Lipinski definition) is 2. The monoisotopic (exact) mass is 394 g/mol. The molecule has 1 fully saturated rings. The zero-order valence-corrected chi connectivity index (χ0v) is 16.4. The number of amides is 1. The van der Waals surface area contributed by atoms with E-state index in [1.165, 1.54) is 17.3 Å². The molecule has 9 heteroatoms. The van der Waals surface area contributed by atoms with Gasteiger partial charge in [-0.15, -0.1) is 5.10 Å². The molecule has 0 unspecified atom stereocenters. The lowest BCUT2D eigenvalue weighted by Gasteiger charge is -2.23. The smallest absolute Gasteiger partial charge is 0.230 e. The van der Waals surface area contributed by atoms with E-state index in [0.29, 0.717) is 17.4 Å². The predicted molar refractivity (Wildman–Crippen MR) is 102 cm³/mol. The quantitative estimate of drug-likeness (QED) is 0.724. The summed E-state index contributed by atoms with van der Waals surface area (Å²) in [6.07, 6.45) is 1.43. The Kier molecular flexibility index (Phi) is 5.38. The molecular weight excluding hydrogens is 372 g/mol. The van der Waals surface area contributed by atoms with Gasteiger partial charge in [0.2, 0.25) is 11.1 Å². The molecule has 1 atom stereocenters. The van der Waals surface area contributed by atoms with Gasteiger partial charge >= 0.3 is 0 Å². The zero-order chi connectivity index (χ0) is 18.8. The zero-order valence-electron chi connectivity index (χ0n) is 14.8. The third kappa shape index (κ3) is 4.64. The lowest BCUT2D eigenvalue weighted by Crippen LogP contribution is -2.47. The Balaban J connectivity index is 1.55. The molecule has 0 spiro atoms. The molecule has 0 radical (unpaired) electrons. The molecular formula is C17H22N4O3S2. The van der Waals surface area contributed by atoms with Crippen molar-refractivity contribution in [1.29, 1.82) is 0 Å². The van der Waals surface area contributed by atoms with Gasteiger partial charge < -0.3 is 5.32 Å². The maximum atomic E-state index is 12.1. The van der Waals surface area contributed by atoms with Crippen LogP contribution in [0.5, 0.6) is 0 Å². The number of aromatic nitrogens is 3. The Hall–Kier alpha value is -1.87. The number of rotatable bonds is 6. The topological polar surface area (TPSA) is 105 Å². The number of thioether (sulfide) groups is 1. The van der Waals surface area contributed by atoms with Gasteiger partial charge in [-0.1, -0.05) is 43.0 Å². The van der Waals surface area contributed by atoms with Crippen LogP contribution in [0.25, 0.3) is 11.4 Å². The van der Waals surface area contributed by atoms with E-state index in [1.807, 2.05) is 12.1 Å². The number of nitrogens with zero attached hydrogens (tertiary/aromatic N) is 2. The number of aromatic amines is 1. The molecule has 0 bridgehead atoms. The summed E-state index contributed by atoms with van der Waals surface area (Å²) in [6.45, 7) is 3.87.